The van der Waals surface area contributed by atoms with Crippen LogP contribution in [0.2, 0.25) is 0 Å². The zero-order valence-corrected chi connectivity index (χ0v) is 13.4. The molecular weight excluding hydrogens is 365 g/mol. The van der Waals surface area contributed by atoms with Crippen LogP contribution in [0, 0.1) is 11.7 Å². The first kappa shape index (κ1) is 16.2. The van der Waals surface area contributed by atoms with Crippen LogP contribution in [0.4, 0.5) is 10.1 Å². The number of hydrogen-bond acceptors (Lipinski definition) is 4. The molecule has 1 saturated carbocycles. The van der Waals surface area contributed by atoms with Crippen molar-refractivity contribution in [1.29, 1.82) is 0 Å². The Hall–Kier alpha value is -1.19. The van der Waals surface area contributed by atoms with E-state index in [-0.39, 0.29) is 35.1 Å². The number of halogens is 2. The van der Waals surface area contributed by atoms with Gasteiger partial charge in [-0.2, -0.15) is 0 Å². The molecule has 0 unspecified atom stereocenters. The van der Waals surface area contributed by atoms with Gasteiger partial charge in [-0.1, -0.05) is 0 Å². The topological polar surface area (TPSA) is 101 Å². The van der Waals surface area contributed by atoms with Crippen molar-refractivity contribution in [3.63, 3.8) is 0 Å². The molecule has 1 amide bonds. The molecule has 1 aromatic carbocycles. The van der Waals surface area contributed by atoms with Crippen molar-refractivity contribution < 1.29 is 17.6 Å². The Kier molecular flexibility index (Phi) is 4.84. The maximum Gasteiger partial charge on any atom is 0.243 e. The van der Waals surface area contributed by atoms with Crippen LogP contribution in [0.15, 0.2) is 21.5 Å². The highest BCUT2D eigenvalue weighted by Gasteiger charge is 2.29. The van der Waals surface area contributed by atoms with Crippen molar-refractivity contribution >= 4 is 37.5 Å². The average molecular weight is 380 g/mol. The summed E-state index contributed by atoms with van der Waals surface area (Å²) in [6.45, 7) is 0.137. The van der Waals surface area contributed by atoms with E-state index in [0.29, 0.717) is 0 Å². The van der Waals surface area contributed by atoms with E-state index < -0.39 is 20.7 Å². The second kappa shape index (κ2) is 6.29. The van der Waals surface area contributed by atoms with Gasteiger partial charge in [0.1, 0.15) is 10.7 Å². The lowest BCUT2D eigenvalue weighted by Gasteiger charge is -2.10. The van der Waals surface area contributed by atoms with E-state index in [1.54, 1.807) is 0 Å². The number of carbonyl (C=O) groups excluding carboxylic acids is 1. The quantitative estimate of drug-likeness (QED) is 0.506. The predicted octanol–water partition coefficient (Wildman–Crippen LogP) is 0.975. The van der Waals surface area contributed by atoms with E-state index in [0.717, 1.165) is 25.0 Å². The summed E-state index contributed by atoms with van der Waals surface area (Å²) in [5, 5.41) is 2.61. The van der Waals surface area contributed by atoms with Gasteiger partial charge in [0, 0.05) is 29.2 Å². The summed E-state index contributed by atoms with van der Waals surface area (Å²) < 4.78 is 40.2. The molecule has 2 rings (SSSR count). The fraction of sp³-hybridized carbons (Fsp3) is 0.417. The second-order valence-corrected chi connectivity index (χ2v) is 7.36. The minimum Gasteiger partial charge on any atom is -0.398 e. The van der Waals surface area contributed by atoms with E-state index in [1.807, 2.05) is 0 Å². The standard InChI is InChI=1S/C12H15BrFN3O3S/c13-8-5-9(14)11(6-10(8)15)21(19,20)17-4-3-16-12(18)7-1-2-7/h5-7,17H,1-4,15H2,(H,16,18). The summed E-state index contributed by atoms with van der Waals surface area (Å²) in [5.74, 6) is -0.913. The van der Waals surface area contributed by atoms with Gasteiger partial charge in [0.25, 0.3) is 0 Å². The van der Waals surface area contributed by atoms with Crippen LogP contribution in [0.25, 0.3) is 0 Å². The lowest BCUT2D eigenvalue weighted by Crippen LogP contribution is -2.35. The van der Waals surface area contributed by atoms with Gasteiger partial charge in [0.2, 0.25) is 15.9 Å². The third-order valence-electron chi connectivity index (χ3n) is 3.01. The number of nitrogen functional groups attached to an aromatic ring is 1. The summed E-state index contributed by atoms with van der Waals surface area (Å²) in [4.78, 5) is 10.8. The largest absolute Gasteiger partial charge is 0.398 e. The summed E-state index contributed by atoms with van der Waals surface area (Å²) in [7, 11) is -4.01. The third-order valence-corrected chi connectivity index (χ3v) is 5.17. The number of carbonyl (C=O) groups is 1. The minimum atomic E-state index is -4.01. The number of nitrogens with one attached hydrogen (secondary N) is 2. The minimum absolute atomic E-state index is 0.0177. The Morgan fingerprint density at radius 1 is 1.38 bits per heavy atom. The van der Waals surface area contributed by atoms with Crippen LogP contribution in [0.1, 0.15) is 12.8 Å². The van der Waals surface area contributed by atoms with Gasteiger partial charge in [-0.05, 0) is 40.9 Å². The first-order valence-corrected chi connectivity index (χ1v) is 8.61. The van der Waals surface area contributed by atoms with Crippen molar-refractivity contribution in [2.45, 2.75) is 17.7 Å². The van der Waals surface area contributed by atoms with E-state index in [1.165, 1.54) is 0 Å². The van der Waals surface area contributed by atoms with Crippen LogP contribution in [-0.4, -0.2) is 27.4 Å². The third kappa shape index (κ3) is 4.14. The Morgan fingerprint density at radius 2 is 2.05 bits per heavy atom. The smallest absolute Gasteiger partial charge is 0.243 e. The molecule has 4 N–H and O–H groups in total. The zero-order chi connectivity index (χ0) is 15.6. The molecule has 0 aliphatic heterocycles. The maximum atomic E-state index is 13.7. The molecule has 0 saturated heterocycles. The molecule has 0 radical (unpaired) electrons. The molecule has 0 aromatic heterocycles. The summed E-state index contributed by atoms with van der Waals surface area (Å²) in [5.41, 5.74) is 5.68. The molecule has 0 bridgehead atoms. The number of amides is 1. The Balaban J connectivity index is 1.95. The molecule has 0 spiro atoms. The Morgan fingerprint density at radius 3 is 2.67 bits per heavy atom. The van der Waals surface area contributed by atoms with Gasteiger partial charge in [0.05, 0.1) is 0 Å². The molecule has 1 aromatic rings. The van der Waals surface area contributed by atoms with Crippen LogP contribution in [-0.2, 0) is 14.8 Å². The lowest BCUT2D eigenvalue weighted by atomic mass is 10.3. The number of sulfonamides is 1. The molecule has 6 nitrogen and oxygen atoms in total. The van der Waals surface area contributed by atoms with Gasteiger partial charge < -0.3 is 11.1 Å². The number of benzene rings is 1. The highest BCUT2D eigenvalue weighted by molar-refractivity contribution is 9.10. The monoisotopic (exact) mass is 379 g/mol. The fourth-order valence-corrected chi connectivity index (χ4v) is 3.13. The molecule has 21 heavy (non-hydrogen) atoms. The first-order chi connectivity index (χ1) is 9.81. The van der Waals surface area contributed by atoms with Gasteiger partial charge in [-0.3, -0.25) is 4.79 Å². The Bertz CT molecular complexity index is 662. The number of rotatable bonds is 6. The number of nitrogens with two attached hydrogens (primary N) is 1. The normalized spacial score (nSPS) is 15.0. The van der Waals surface area contributed by atoms with Gasteiger partial charge in [-0.25, -0.2) is 17.5 Å². The molecule has 0 atom stereocenters. The van der Waals surface area contributed by atoms with E-state index in [4.69, 9.17) is 5.73 Å². The van der Waals surface area contributed by atoms with Gasteiger partial charge in [0.15, 0.2) is 0 Å². The van der Waals surface area contributed by atoms with Crippen molar-refractivity contribution in [2.75, 3.05) is 18.8 Å². The van der Waals surface area contributed by atoms with Crippen molar-refractivity contribution in [2.24, 2.45) is 5.92 Å². The molecule has 9 heteroatoms. The van der Waals surface area contributed by atoms with Crippen LogP contribution in [0.3, 0.4) is 0 Å². The molecule has 116 valence electrons. The molecule has 1 fully saturated rings. The van der Waals surface area contributed by atoms with Crippen molar-refractivity contribution in [3.8, 4) is 0 Å². The van der Waals surface area contributed by atoms with Crippen molar-refractivity contribution in [1.82, 2.24) is 10.0 Å². The van der Waals surface area contributed by atoms with Crippen LogP contribution < -0.4 is 15.8 Å². The van der Waals surface area contributed by atoms with E-state index in [2.05, 4.69) is 26.0 Å². The van der Waals surface area contributed by atoms with Crippen LogP contribution in [0.5, 0.6) is 0 Å². The first-order valence-electron chi connectivity index (χ1n) is 6.33. The summed E-state index contributed by atoms with van der Waals surface area (Å²) in [6, 6.07) is 2.04. The van der Waals surface area contributed by atoms with Gasteiger partial charge >= 0.3 is 0 Å². The highest BCUT2D eigenvalue weighted by atomic mass is 79.9. The number of hydrogen-bond donors (Lipinski definition) is 3. The summed E-state index contributed by atoms with van der Waals surface area (Å²) >= 11 is 3.02. The zero-order valence-electron chi connectivity index (χ0n) is 11.0. The highest BCUT2D eigenvalue weighted by Crippen LogP contribution is 2.28. The second-order valence-electron chi connectivity index (χ2n) is 4.77. The lowest BCUT2D eigenvalue weighted by molar-refractivity contribution is -0.122. The fourth-order valence-electron chi connectivity index (χ4n) is 1.69. The summed E-state index contributed by atoms with van der Waals surface area (Å²) in [6.07, 6.45) is 1.75. The van der Waals surface area contributed by atoms with Crippen LogP contribution >= 0.6 is 15.9 Å². The molecule has 1 aliphatic rings. The maximum absolute atomic E-state index is 13.7. The van der Waals surface area contributed by atoms with E-state index >= 15 is 0 Å². The average Bonchev–Trinajstić information content (AvgIpc) is 3.23. The SMILES string of the molecule is Nc1cc(S(=O)(=O)NCCNC(=O)C2CC2)c(F)cc1Br. The molecule has 0 heterocycles. The molecule has 1 aliphatic carbocycles. The molecular formula is C12H15BrFN3O3S. The van der Waals surface area contributed by atoms with Crippen molar-refractivity contribution in [3.05, 3.63) is 22.4 Å². The predicted molar refractivity (Wildman–Crippen MR) is 79.4 cm³/mol. The Labute approximate surface area is 130 Å². The van der Waals surface area contributed by atoms with E-state index in [9.17, 15) is 17.6 Å². The number of anilines is 1. The van der Waals surface area contributed by atoms with Gasteiger partial charge in [-0.15, -0.1) is 0 Å².